The molecule has 3 nitrogen and oxygen atoms in total. The fourth-order valence-corrected chi connectivity index (χ4v) is 2.45. The van der Waals surface area contributed by atoms with E-state index in [-0.39, 0.29) is 17.1 Å². The molecule has 4 heteroatoms. The van der Waals surface area contributed by atoms with Gasteiger partial charge in [-0.15, -0.1) is 0 Å². The van der Waals surface area contributed by atoms with Crippen molar-refractivity contribution in [2.75, 3.05) is 6.26 Å². The minimum atomic E-state index is -3.28. The highest BCUT2D eigenvalue weighted by atomic mass is 32.2. The van der Waals surface area contributed by atoms with Crippen molar-refractivity contribution in [2.24, 2.45) is 0 Å². The zero-order valence-electron chi connectivity index (χ0n) is 10.5. The zero-order valence-corrected chi connectivity index (χ0v) is 11.4. The first-order valence-corrected chi connectivity index (χ1v) is 7.73. The molecule has 0 radical (unpaired) electrons. The summed E-state index contributed by atoms with van der Waals surface area (Å²) in [5.74, 6) is -0.0864. The van der Waals surface area contributed by atoms with E-state index in [1.807, 2.05) is 30.3 Å². The standard InChI is InChI=1S/C15H14O3S/c1-19(17,18)14-9-5-8-13(11-14)15(16)10-12-6-3-2-4-7-12/h2-9,11H,10H2,1H3. The Balaban J connectivity index is 2.25. The molecule has 0 aliphatic rings. The maximum absolute atomic E-state index is 12.1. The molecule has 0 aliphatic carbocycles. The van der Waals surface area contributed by atoms with Crippen LogP contribution in [0.4, 0.5) is 0 Å². The monoisotopic (exact) mass is 274 g/mol. The molecule has 2 aromatic carbocycles. The summed E-state index contributed by atoms with van der Waals surface area (Å²) in [6.07, 6.45) is 1.40. The predicted molar refractivity (Wildman–Crippen MR) is 74.0 cm³/mol. The Hall–Kier alpha value is -1.94. The molecule has 19 heavy (non-hydrogen) atoms. The Morgan fingerprint density at radius 3 is 2.32 bits per heavy atom. The van der Waals surface area contributed by atoms with Crippen LogP contribution < -0.4 is 0 Å². The number of sulfone groups is 1. The first-order chi connectivity index (χ1) is 8.97. The number of ketones is 1. The van der Waals surface area contributed by atoms with Gasteiger partial charge >= 0.3 is 0 Å². The number of Topliss-reactive ketones (excluding diaryl/α,β-unsaturated/α-hetero) is 1. The second kappa shape index (κ2) is 5.36. The van der Waals surface area contributed by atoms with Crippen LogP contribution in [-0.2, 0) is 16.3 Å². The summed E-state index contributed by atoms with van der Waals surface area (Å²) >= 11 is 0. The number of rotatable bonds is 4. The first kappa shape index (κ1) is 13.5. The normalized spacial score (nSPS) is 11.2. The summed E-state index contributed by atoms with van der Waals surface area (Å²) in [6, 6.07) is 15.5. The summed E-state index contributed by atoms with van der Waals surface area (Å²) in [5, 5.41) is 0. The third kappa shape index (κ3) is 3.51. The van der Waals surface area contributed by atoms with Crippen LogP contribution in [0.1, 0.15) is 15.9 Å². The number of carbonyl (C=O) groups excluding carboxylic acids is 1. The molecule has 0 heterocycles. The average Bonchev–Trinajstić information content (AvgIpc) is 2.39. The van der Waals surface area contributed by atoms with Crippen LogP contribution in [0.15, 0.2) is 59.5 Å². The van der Waals surface area contributed by atoms with Crippen LogP contribution >= 0.6 is 0 Å². The second-order valence-electron chi connectivity index (χ2n) is 4.39. The van der Waals surface area contributed by atoms with Crippen LogP contribution in [0.25, 0.3) is 0 Å². The quantitative estimate of drug-likeness (QED) is 0.805. The molecule has 0 aromatic heterocycles. The van der Waals surface area contributed by atoms with Gasteiger partial charge in [0.1, 0.15) is 0 Å². The minimum absolute atomic E-state index is 0.0864. The van der Waals surface area contributed by atoms with E-state index in [9.17, 15) is 13.2 Å². The van der Waals surface area contributed by atoms with Gasteiger partial charge in [-0.2, -0.15) is 0 Å². The van der Waals surface area contributed by atoms with E-state index in [1.165, 1.54) is 12.1 Å². The Labute approximate surface area is 112 Å². The minimum Gasteiger partial charge on any atom is -0.294 e. The van der Waals surface area contributed by atoms with Gasteiger partial charge in [0, 0.05) is 18.2 Å². The lowest BCUT2D eigenvalue weighted by molar-refractivity contribution is 0.0993. The molecule has 98 valence electrons. The molecule has 0 unspecified atom stereocenters. The molecule has 0 bridgehead atoms. The molecule has 0 atom stereocenters. The highest BCUT2D eigenvalue weighted by Gasteiger charge is 2.11. The number of hydrogen-bond donors (Lipinski definition) is 0. The van der Waals surface area contributed by atoms with Crippen molar-refractivity contribution in [2.45, 2.75) is 11.3 Å². The molecule has 0 spiro atoms. The Morgan fingerprint density at radius 2 is 1.68 bits per heavy atom. The lowest BCUT2D eigenvalue weighted by atomic mass is 10.0. The highest BCUT2D eigenvalue weighted by molar-refractivity contribution is 7.90. The van der Waals surface area contributed by atoms with Crippen LogP contribution in [0.2, 0.25) is 0 Å². The SMILES string of the molecule is CS(=O)(=O)c1cccc(C(=O)Cc2ccccc2)c1. The lowest BCUT2D eigenvalue weighted by Crippen LogP contribution is -2.05. The van der Waals surface area contributed by atoms with E-state index in [0.29, 0.717) is 5.56 Å². The van der Waals surface area contributed by atoms with Gasteiger partial charge in [0.15, 0.2) is 15.6 Å². The number of benzene rings is 2. The lowest BCUT2D eigenvalue weighted by Gasteiger charge is -2.04. The molecule has 0 amide bonds. The Morgan fingerprint density at radius 1 is 1.00 bits per heavy atom. The van der Waals surface area contributed by atoms with E-state index in [0.717, 1.165) is 11.8 Å². The van der Waals surface area contributed by atoms with Gasteiger partial charge in [-0.3, -0.25) is 4.79 Å². The maximum Gasteiger partial charge on any atom is 0.175 e. The highest BCUT2D eigenvalue weighted by Crippen LogP contribution is 2.13. The second-order valence-corrected chi connectivity index (χ2v) is 6.40. The van der Waals surface area contributed by atoms with E-state index in [2.05, 4.69) is 0 Å². The van der Waals surface area contributed by atoms with Gasteiger partial charge < -0.3 is 0 Å². The molecule has 0 saturated carbocycles. The number of hydrogen-bond acceptors (Lipinski definition) is 3. The van der Waals surface area contributed by atoms with E-state index in [1.54, 1.807) is 12.1 Å². The van der Waals surface area contributed by atoms with Crippen molar-refractivity contribution < 1.29 is 13.2 Å². The van der Waals surface area contributed by atoms with Gasteiger partial charge in [0.2, 0.25) is 0 Å². The van der Waals surface area contributed by atoms with Crippen molar-refractivity contribution in [3.63, 3.8) is 0 Å². The molecule has 0 N–H and O–H groups in total. The maximum atomic E-state index is 12.1. The summed E-state index contributed by atoms with van der Waals surface area (Å²) < 4.78 is 22.9. The van der Waals surface area contributed by atoms with Crippen molar-refractivity contribution >= 4 is 15.6 Å². The van der Waals surface area contributed by atoms with E-state index in [4.69, 9.17) is 0 Å². The van der Waals surface area contributed by atoms with Gasteiger partial charge in [0.05, 0.1) is 4.90 Å². The molecule has 0 saturated heterocycles. The third-order valence-corrected chi connectivity index (χ3v) is 3.90. The average molecular weight is 274 g/mol. The van der Waals surface area contributed by atoms with Crippen molar-refractivity contribution in [3.8, 4) is 0 Å². The van der Waals surface area contributed by atoms with Crippen molar-refractivity contribution in [3.05, 3.63) is 65.7 Å². The van der Waals surface area contributed by atoms with Crippen LogP contribution in [0, 0.1) is 0 Å². The van der Waals surface area contributed by atoms with Gasteiger partial charge in [0.25, 0.3) is 0 Å². The smallest absolute Gasteiger partial charge is 0.175 e. The van der Waals surface area contributed by atoms with Crippen molar-refractivity contribution in [1.29, 1.82) is 0 Å². The van der Waals surface area contributed by atoms with Crippen LogP contribution in [-0.4, -0.2) is 20.5 Å². The van der Waals surface area contributed by atoms with Crippen LogP contribution in [0.3, 0.4) is 0 Å². The molecule has 0 aliphatic heterocycles. The van der Waals surface area contributed by atoms with Gasteiger partial charge in [-0.25, -0.2) is 8.42 Å². The van der Waals surface area contributed by atoms with E-state index >= 15 is 0 Å². The summed E-state index contributed by atoms with van der Waals surface area (Å²) in [6.45, 7) is 0. The number of carbonyl (C=O) groups is 1. The van der Waals surface area contributed by atoms with Gasteiger partial charge in [-0.05, 0) is 17.7 Å². The fraction of sp³-hybridized carbons (Fsp3) is 0.133. The molecular formula is C15H14O3S. The zero-order chi connectivity index (χ0) is 13.9. The Bertz CT molecular complexity index is 688. The molecule has 2 rings (SSSR count). The largest absolute Gasteiger partial charge is 0.294 e. The summed E-state index contributed by atoms with van der Waals surface area (Å²) in [7, 11) is -3.28. The van der Waals surface area contributed by atoms with E-state index < -0.39 is 9.84 Å². The third-order valence-electron chi connectivity index (χ3n) is 2.79. The molecular weight excluding hydrogens is 260 g/mol. The molecule has 0 fully saturated rings. The topological polar surface area (TPSA) is 51.2 Å². The Kier molecular flexibility index (Phi) is 3.81. The first-order valence-electron chi connectivity index (χ1n) is 5.84. The molecule has 2 aromatic rings. The fourth-order valence-electron chi connectivity index (χ4n) is 1.78. The van der Waals surface area contributed by atoms with Crippen LogP contribution in [0.5, 0.6) is 0 Å². The summed E-state index contributed by atoms with van der Waals surface area (Å²) in [4.78, 5) is 12.3. The van der Waals surface area contributed by atoms with Crippen molar-refractivity contribution in [1.82, 2.24) is 0 Å². The predicted octanol–water partition coefficient (Wildman–Crippen LogP) is 2.52. The van der Waals surface area contributed by atoms with Gasteiger partial charge in [-0.1, -0.05) is 42.5 Å². The summed E-state index contributed by atoms with van der Waals surface area (Å²) in [5.41, 5.74) is 1.34.